The van der Waals surface area contributed by atoms with Crippen LogP contribution < -0.4 is 10.5 Å². The third-order valence-electron chi connectivity index (χ3n) is 7.48. The molecule has 2 aromatic heterocycles. The lowest BCUT2D eigenvalue weighted by atomic mass is 10.00. The molecule has 1 atom stereocenters. The molecule has 0 aliphatic carbocycles. The molecule has 0 radical (unpaired) electrons. The molecular formula is C28H35N7O2. The zero-order chi connectivity index (χ0) is 26.1. The number of aryl methyl sites for hydroxylation is 4. The Bertz CT molecular complexity index is 1470. The van der Waals surface area contributed by atoms with Crippen molar-refractivity contribution < 1.29 is 4.74 Å². The molecule has 1 saturated heterocycles. The van der Waals surface area contributed by atoms with Crippen molar-refractivity contribution in [2.24, 2.45) is 0 Å². The smallest absolute Gasteiger partial charge is 0.253 e. The molecule has 0 saturated carbocycles. The van der Waals surface area contributed by atoms with Gasteiger partial charge in [-0.15, -0.1) is 5.10 Å². The summed E-state index contributed by atoms with van der Waals surface area (Å²) in [7, 11) is 1.66. The van der Waals surface area contributed by atoms with E-state index in [2.05, 4.69) is 82.3 Å². The van der Waals surface area contributed by atoms with E-state index in [0.717, 1.165) is 42.6 Å². The first-order valence-corrected chi connectivity index (χ1v) is 12.8. The Labute approximate surface area is 217 Å². The molecule has 1 aliphatic rings. The maximum Gasteiger partial charge on any atom is 0.253 e. The molecule has 0 bridgehead atoms. The van der Waals surface area contributed by atoms with Gasteiger partial charge in [-0.3, -0.25) is 9.69 Å². The third kappa shape index (κ3) is 5.01. The van der Waals surface area contributed by atoms with Crippen LogP contribution >= 0.6 is 0 Å². The second-order valence-corrected chi connectivity index (χ2v) is 10.0. The van der Waals surface area contributed by atoms with Crippen molar-refractivity contribution in [2.75, 3.05) is 44.8 Å². The molecule has 0 spiro atoms. The number of fused-ring (bicyclic) bond motifs is 1. The minimum Gasteiger partial charge on any atom is -0.383 e. The van der Waals surface area contributed by atoms with E-state index in [4.69, 9.17) is 4.74 Å². The fraction of sp³-hybridized carbons (Fsp3) is 0.429. The van der Waals surface area contributed by atoms with E-state index >= 15 is 0 Å². The summed E-state index contributed by atoms with van der Waals surface area (Å²) < 4.78 is 7.05. The molecular weight excluding hydrogens is 466 g/mol. The van der Waals surface area contributed by atoms with Crippen molar-refractivity contribution in [2.45, 2.75) is 40.3 Å². The second-order valence-electron chi connectivity index (χ2n) is 10.0. The maximum absolute atomic E-state index is 13.5. The molecule has 37 heavy (non-hydrogen) atoms. The lowest BCUT2D eigenvalue weighted by Crippen LogP contribution is -2.49. The number of aromatic nitrogens is 5. The molecule has 4 aromatic rings. The Kier molecular flexibility index (Phi) is 7.08. The zero-order valence-corrected chi connectivity index (χ0v) is 22.3. The van der Waals surface area contributed by atoms with Crippen LogP contribution in [0, 0.1) is 27.7 Å². The second kappa shape index (κ2) is 10.4. The number of H-pyrrole nitrogens is 1. The monoisotopic (exact) mass is 501 g/mol. The van der Waals surface area contributed by atoms with Crippen LogP contribution in [0.25, 0.3) is 10.9 Å². The normalized spacial score (nSPS) is 15.4. The number of benzene rings is 2. The molecule has 1 fully saturated rings. The highest BCUT2D eigenvalue weighted by Gasteiger charge is 2.33. The van der Waals surface area contributed by atoms with Gasteiger partial charge in [-0.2, -0.15) is 0 Å². The summed E-state index contributed by atoms with van der Waals surface area (Å²) in [5.41, 5.74) is 7.53. The van der Waals surface area contributed by atoms with Gasteiger partial charge in [0.05, 0.1) is 13.2 Å². The number of rotatable bonds is 7. The standard InChI is InChI=1S/C28H35N7O2/c1-18-6-7-19(2)25(14-18)33-8-10-34(11-9-33)26(27-30-31-32-35(27)12-13-37-5)23-17-22-15-20(3)21(4)16-24(22)29-28(23)36/h6-7,14-17,26H,8-13H2,1-5H3,(H,29,36)/t26-/m1/s1. The Morgan fingerprint density at radius 2 is 1.73 bits per heavy atom. The summed E-state index contributed by atoms with van der Waals surface area (Å²) >= 11 is 0. The quantitative estimate of drug-likeness (QED) is 0.415. The minimum absolute atomic E-state index is 0.112. The Morgan fingerprint density at radius 1 is 0.973 bits per heavy atom. The predicted octanol–water partition coefficient (Wildman–Crippen LogP) is 3.31. The van der Waals surface area contributed by atoms with Gasteiger partial charge in [-0.05, 0) is 90.0 Å². The van der Waals surface area contributed by atoms with E-state index in [1.165, 1.54) is 22.4 Å². The van der Waals surface area contributed by atoms with E-state index in [1.807, 2.05) is 12.1 Å². The fourth-order valence-electron chi connectivity index (χ4n) is 5.22. The van der Waals surface area contributed by atoms with E-state index in [9.17, 15) is 4.79 Å². The van der Waals surface area contributed by atoms with Gasteiger partial charge in [0.2, 0.25) is 0 Å². The molecule has 9 heteroatoms. The number of anilines is 1. The lowest BCUT2D eigenvalue weighted by Gasteiger charge is -2.40. The van der Waals surface area contributed by atoms with Gasteiger partial charge in [0.15, 0.2) is 5.82 Å². The van der Waals surface area contributed by atoms with Crippen molar-refractivity contribution in [1.29, 1.82) is 0 Å². The molecule has 0 amide bonds. The van der Waals surface area contributed by atoms with Gasteiger partial charge in [0.1, 0.15) is 6.04 Å². The Morgan fingerprint density at radius 3 is 2.49 bits per heavy atom. The highest BCUT2D eigenvalue weighted by Crippen LogP contribution is 2.30. The molecule has 194 valence electrons. The van der Waals surface area contributed by atoms with E-state index < -0.39 is 0 Å². The summed E-state index contributed by atoms with van der Waals surface area (Å²) in [5.74, 6) is 0.658. The first-order valence-electron chi connectivity index (χ1n) is 12.8. The van der Waals surface area contributed by atoms with Gasteiger partial charge in [0.25, 0.3) is 5.56 Å². The molecule has 2 aromatic carbocycles. The molecule has 1 aliphatic heterocycles. The van der Waals surface area contributed by atoms with Crippen LogP contribution in [0.3, 0.4) is 0 Å². The Balaban J connectivity index is 1.53. The number of tetrazole rings is 1. The first-order chi connectivity index (χ1) is 17.9. The third-order valence-corrected chi connectivity index (χ3v) is 7.48. The van der Waals surface area contributed by atoms with Crippen molar-refractivity contribution >= 4 is 16.6 Å². The number of aromatic amines is 1. The van der Waals surface area contributed by atoms with Crippen LogP contribution in [0.15, 0.2) is 41.2 Å². The Hall–Kier alpha value is -3.56. The SMILES string of the molecule is COCCn1nnnc1[C@@H](c1cc2cc(C)c(C)cc2[nH]c1=O)N1CCN(c2cc(C)ccc2C)CC1. The summed E-state index contributed by atoms with van der Waals surface area (Å²) in [6, 6.07) is 12.4. The van der Waals surface area contributed by atoms with Crippen LogP contribution in [0.4, 0.5) is 5.69 Å². The molecule has 5 rings (SSSR count). The average Bonchev–Trinajstić information content (AvgIpc) is 3.34. The molecule has 0 unspecified atom stereocenters. The zero-order valence-electron chi connectivity index (χ0n) is 22.3. The number of hydrogen-bond donors (Lipinski definition) is 1. The van der Waals surface area contributed by atoms with Gasteiger partial charge < -0.3 is 14.6 Å². The van der Waals surface area contributed by atoms with Gasteiger partial charge in [0, 0.05) is 50.1 Å². The maximum atomic E-state index is 13.5. The summed E-state index contributed by atoms with van der Waals surface area (Å²) in [6.45, 7) is 12.7. The van der Waals surface area contributed by atoms with E-state index in [0.29, 0.717) is 24.5 Å². The predicted molar refractivity (Wildman–Crippen MR) is 145 cm³/mol. The highest BCUT2D eigenvalue weighted by atomic mass is 16.5. The van der Waals surface area contributed by atoms with Gasteiger partial charge >= 0.3 is 0 Å². The minimum atomic E-state index is -0.373. The van der Waals surface area contributed by atoms with E-state index in [-0.39, 0.29) is 11.6 Å². The number of methoxy groups -OCH3 is 1. The van der Waals surface area contributed by atoms with Gasteiger partial charge in [-0.25, -0.2) is 4.68 Å². The number of nitrogens with zero attached hydrogens (tertiary/aromatic N) is 6. The molecule has 9 nitrogen and oxygen atoms in total. The largest absolute Gasteiger partial charge is 0.383 e. The summed E-state index contributed by atoms with van der Waals surface area (Å²) in [6.07, 6.45) is 0. The van der Waals surface area contributed by atoms with E-state index in [1.54, 1.807) is 11.8 Å². The highest BCUT2D eigenvalue weighted by molar-refractivity contribution is 5.81. The van der Waals surface area contributed by atoms with Crippen molar-refractivity contribution in [3.63, 3.8) is 0 Å². The summed E-state index contributed by atoms with van der Waals surface area (Å²) in [4.78, 5) is 21.4. The number of nitrogens with one attached hydrogen (secondary N) is 1. The molecule has 1 N–H and O–H groups in total. The number of piperazine rings is 1. The topological polar surface area (TPSA) is 92.2 Å². The lowest BCUT2D eigenvalue weighted by molar-refractivity contribution is 0.171. The van der Waals surface area contributed by atoms with Crippen molar-refractivity contribution in [3.05, 3.63) is 80.4 Å². The van der Waals surface area contributed by atoms with Crippen molar-refractivity contribution in [3.8, 4) is 0 Å². The van der Waals surface area contributed by atoms with Crippen LogP contribution in [0.2, 0.25) is 0 Å². The number of hydrogen-bond acceptors (Lipinski definition) is 7. The van der Waals surface area contributed by atoms with Crippen LogP contribution in [0.5, 0.6) is 0 Å². The van der Waals surface area contributed by atoms with Crippen LogP contribution in [0.1, 0.15) is 39.7 Å². The van der Waals surface area contributed by atoms with Gasteiger partial charge in [-0.1, -0.05) is 12.1 Å². The number of ether oxygens (including phenoxy) is 1. The van der Waals surface area contributed by atoms with Crippen LogP contribution in [-0.4, -0.2) is 70.0 Å². The first kappa shape index (κ1) is 25.1. The van der Waals surface area contributed by atoms with Crippen molar-refractivity contribution in [1.82, 2.24) is 30.1 Å². The summed E-state index contributed by atoms with van der Waals surface area (Å²) in [5, 5.41) is 13.6. The molecule has 3 heterocycles. The van der Waals surface area contributed by atoms with Crippen LogP contribution in [-0.2, 0) is 11.3 Å². The number of pyridine rings is 1. The fourth-order valence-corrected chi connectivity index (χ4v) is 5.22. The average molecular weight is 502 g/mol.